The molecule has 0 fully saturated rings. The van der Waals surface area contributed by atoms with E-state index in [1.165, 1.54) is 15.9 Å². The fourth-order valence-electron chi connectivity index (χ4n) is 2.00. The lowest BCUT2D eigenvalue weighted by atomic mass is 10.1. The summed E-state index contributed by atoms with van der Waals surface area (Å²) in [6, 6.07) is 6.95. The zero-order valence-electron chi connectivity index (χ0n) is 12.6. The number of likely N-dealkylation sites (N-methyl/N-ethyl adjacent to an activating group) is 2. The van der Waals surface area contributed by atoms with Crippen molar-refractivity contribution in [1.29, 1.82) is 0 Å². The molecule has 0 atom stereocenters. The quantitative estimate of drug-likeness (QED) is 0.826. The number of amides is 2. The highest BCUT2D eigenvalue weighted by Gasteiger charge is 2.17. The Kier molecular flexibility index (Phi) is 5.18. The molecule has 0 spiro atoms. The van der Waals surface area contributed by atoms with Crippen LogP contribution in [0.3, 0.4) is 0 Å². The average molecular weight is 302 g/mol. The second-order valence-electron chi connectivity index (χ2n) is 4.58. The third-order valence-electron chi connectivity index (χ3n) is 3.08. The van der Waals surface area contributed by atoms with E-state index in [1.54, 1.807) is 24.3 Å². The van der Waals surface area contributed by atoms with Crippen LogP contribution in [-0.2, 0) is 4.79 Å². The summed E-state index contributed by atoms with van der Waals surface area (Å²) in [6.07, 6.45) is 1.45. The van der Waals surface area contributed by atoms with Gasteiger partial charge >= 0.3 is 0 Å². The Morgan fingerprint density at radius 2 is 2.14 bits per heavy atom. The van der Waals surface area contributed by atoms with E-state index < -0.39 is 0 Å². The Hall–Kier alpha value is -2.77. The topological polar surface area (TPSA) is 93.0 Å². The normalized spacial score (nSPS) is 10.3. The molecule has 8 heteroatoms. The first-order valence-corrected chi connectivity index (χ1v) is 7.05. The van der Waals surface area contributed by atoms with Gasteiger partial charge in [0, 0.05) is 18.7 Å². The van der Waals surface area contributed by atoms with Crippen LogP contribution in [0, 0.1) is 0 Å². The van der Waals surface area contributed by atoms with Gasteiger partial charge in [0.25, 0.3) is 5.91 Å². The van der Waals surface area contributed by atoms with Crippen LogP contribution in [0.2, 0.25) is 0 Å². The van der Waals surface area contributed by atoms with Crippen LogP contribution < -0.4 is 5.32 Å². The van der Waals surface area contributed by atoms with Crippen LogP contribution in [0.4, 0.5) is 0 Å². The third kappa shape index (κ3) is 3.66. The lowest BCUT2D eigenvalue weighted by molar-refractivity contribution is -0.121. The summed E-state index contributed by atoms with van der Waals surface area (Å²) in [5.74, 6) is -0.377. The zero-order valence-corrected chi connectivity index (χ0v) is 12.6. The van der Waals surface area contributed by atoms with Gasteiger partial charge in [-0.25, -0.2) is 4.68 Å². The first-order chi connectivity index (χ1) is 10.7. The molecule has 8 nitrogen and oxygen atoms in total. The van der Waals surface area contributed by atoms with E-state index in [9.17, 15) is 9.59 Å². The highest BCUT2D eigenvalue weighted by Crippen LogP contribution is 2.11. The molecule has 2 aromatic rings. The van der Waals surface area contributed by atoms with Crippen molar-refractivity contribution >= 4 is 11.8 Å². The molecular weight excluding hydrogens is 284 g/mol. The van der Waals surface area contributed by atoms with Crippen molar-refractivity contribution in [3.05, 3.63) is 36.2 Å². The Morgan fingerprint density at radius 1 is 1.32 bits per heavy atom. The van der Waals surface area contributed by atoms with Gasteiger partial charge < -0.3 is 10.2 Å². The summed E-state index contributed by atoms with van der Waals surface area (Å²) < 4.78 is 1.47. The van der Waals surface area contributed by atoms with Crippen molar-refractivity contribution < 1.29 is 9.59 Å². The van der Waals surface area contributed by atoms with Gasteiger partial charge in [-0.05, 0) is 42.5 Å². The maximum atomic E-state index is 12.5. The highest BCUT2D eigenvalue weighted by molar-refractivity contribution is 5.96. The Labute approximate surface area is 128 Å². The van der Waals surface area contributed by atoms with Crippen LogP contribution in [0.1, 0.15) is 24.2 Å². The molecule has 0 saturated carbocycles. The molecule has 1 heterocycles. The van der Waals surface area contributed by atoms with Crippen molar-refractivity contribution in [1.82, 2.24) is 30.4 Å². The van der Waals surface area contributed by atoms with Crippen LogP contribution >= 0.6 is 0 Å². The van der Waals surface area contributed by atoms with Gasteiger partial charge in [0.15, 0.2) is 0 Å². The molecule has 22 heavy (non-hydrogen) atoms. The number of nitrogens with one attached hydrogen (secondary N) is 1. The van der Waals surface area contributed by atoms with Gasteiger partial charge in [0.05, 0.1) is 12.2 Å². The van der Waals surface area contributed by atoms with Crippen molar-refractivity contribution in [3.63, 3.8) is 0 Å². The number of carbonyl (C=O) groups is 2. The van der Waals surface area contributed by atoms with E-state index in [4.69, 9.17) is 0 Å². The molecule has 1 N–H and O–H groups in total. The molecule has 0 saturated heterocycles. The van der Waals surface area contributed by atoms with Gasteiger partial charge in [-0.3, -0.25) is 9.59 Å². The summed E-state index contributed by atoms with van der Waals surface area (Å²) in [7, 11) is 0. The molecule has 1 aromatic carbocycles. The number of hydrogen-bond donors (Lipinski definition) is 1. The van der Waals surface area contributed by atoms with Crippen LogP contribution in [0.15, 0.2) is 30.6 Å². The van der Waals surface area contributed by atoms with E-state index >= 15 is 0 Å². The molecule has 0 bridgehead atoms. The molecule has 2 amide bonds. The molecule has 0 aliphatic rings. The number of rotatable bonds is 6. The van der Waals surface area contributed by atoms with Gasteiger partial charge in [0.1, 0.15) is 6.33 Å². The van der Waals surface area contributed by atoms with E-state index in [0.29, 0.717) is 24.3 Å². The molecule has 0 aliphatic heterocycles. The second kappa shape index (κ2) is 7.30. The first kappa shape index (κ1) is 15.6. The van der Waals surface area contributed by atoms with E-state index in [2.05, 4.69) is 20.8 Å². The number of hydrogen-bond acceptors (Lipinski definition) is 5. The molecule has 0 aliphatic carbocycles. The number of nitrogens with zero attached hydrogens (tertiary/aromatic N) is 5. The molecule has 0 unspecified atom stereocenters. The third-order valence-corrected chi connectivity index (χ3v) is 3.08. The average Bonchev–Trinajstić information content (AvgIpc) is 3.07. The van der Waals surface area contributed by atoms with Gasteiger partial charge in [0.2, 0.25) is 5.91 Å². The summed E-state index contributed by atoms with van der Waals surface area (Å²) in [4.78, 5) is 25.7. The number of tetrazole rings is 1. The molecular formula is C14H18N6O2. The highest BCUT2D eigenvalue weighted by atomic mass is 16.2. The van der Waals surface area contributed by atoms with Crippen LogP contribution in [0.5, 0.6) is 0 Å². The summed E-state index contributed by atoms with van der Waals surface area (Å²) >= 11 is 0. The Bertz CT molecular complexity index is 641. The van der Waals surface area contributed by atoms with Crippen molar-refractivity contribution in [2.75, 3.05) is 19.6 Å². The summed E-state index contributed by atoms with van der Waals surface area (Å²) in [6.45, 7) is 4.71. The fourth-order valence-corrected chi connectivity index (χ4v) is 2.00. The van der Waals surface area contributed by atoms with Gasteiger partial charge in [-0.15, -0.1) is 5.10 Å². The number of benzene rings is 1. The maximum absolute atomic E-state index is 12.5. The van der Waals surface area contributed by atoms with Crippen LogP contribution in [-0.4, -0.2) is 56.6 Å². The van der Waals surface area contributed by atoms with Crippen LogP contribution in [0.25, 0.3) is 5.69 Å². The second-order valence-corrected chi connectivity index (χ2v) is 4.58. The van der Waals surface area contributed by atoms with Gasteiger partial charge in [-0.1, -0.05) is 6.07 Å². The minimum atomic E-state index is -0.205. The zero-order chi connectivity index (χ0) is 15.9. The maximum Gasteiger partial charge on any atom is 0.254 e. The lowest BCUT2D eigenvalue weighted by Gasteiger charge is -2.20. The summed E-state index contributed by atoms with van der Waals surface area (Å²) in [5.41, 5.74) is 1.17. The smallest absolute Gasteiger partial charge is 0.254 e. The predicted molar refractivity (Wildman–Crippen MR) is 79.4 cm³/mol. The minimum absolute atomic E-state index is 0.0400. The standard InChI is InChI=1S/C14H18N6O2/c1-3-15-13(21)9-19(4-2)14(22)11-6-5-7-12(8-11)20-10-16-17-18-20/h5-8,10H,3-4,9H2,1-2H3,(H,15,21). The predicted octanol–water partition coefficient (Wildman–Crippen LogP) is 0.260. The molecule has 116 valence electrons. The first-order valence-electron chi connectivity index (χ1n) is 7.05. The van der Waals surface area contributed by atoms with Crippen molar-refractivity contribution in [2.24, 2.45) is 0 Å². The molecule has 1 aromatic heterocycles. The van der Waals surface area contributed by atoms with Crippen molar-refractivity contribution in [2.45, 2.75) is 13.8 Å². The minimum Gasteiger partial charge on any atom is -0.355 e. The summed E-state index contributed by atoms with van der Waals surface area (Å²) in [5, 5.41) is 13.6. The Morgan fingerprint density at radius 3 is 2.77 bits per heavy atom. The molecule has 2 rings (SSSR count). The molecule has 0 radical (unpaired) electrons. The van der Waals surface area contributed by atoms with E-state index in [1.807, 2.05) is 13.8 Å². The Balaban J connectivity index is 2.17. The fraction of sp³-hybridized carbons (Fsp3) is 0.357. The lowest BCUT2D eigenvalue weighted by Crippen LogP contribution is -2.40. The van der Waals surface area contributed by atoms with E-state index in [0.717, 1.165) is 0 Å². The van der Waals surface area contributed by atoms with Gasteiger partial charge in [-0.2, -0.15) is 0 Å². The van der Waals surface area contributed by atoms with Crippen molar-refractivity contribution in [3.8, 4) is 5.69 Å². The van der Waals surface area contributed by atoms with E-state index in [-0.39, 0.29) is 18.4 Å². The number of carbonyl (C=O) groups excluding carboxylic acids is 2. The monoisotopic (exact) mass is 302 g/mol. The number of aromatic nitrogens is 4. The largest absolute Gasteiger partial charge is 0.355 e. The SMILES string of the molecule is CCNC(=O)CN(CC)C(=O)c1cccc(-n2cnnn2)c1.